The summed E-state index contributed by atoms with van der Waals surface area (Å²) in [7, 11) is 0. The molecule has 1 N–H and O–H groups in total. The third-order valence-electron chi connectivity index (χ3n) is 1.84. The number of aromatic nitrogens is 3. The molecule has 0 bridgehead atoms. The summed E-state index contributed by atoms with van der Waals surface area (Å²) in [6.07, 6.45) is 5.57. The molecule has 4 nitrogen and oxygen atoms in total. The van der Waals surface area contributed by atoms with Gasteiger partial charge in [0.2, 0.25) is 0 Å². The Kier molecular flexibility index (Phi) is 2.36. The van der Waals surface area contributed by atoms with E-state index in [-0.39, 0.29) is 5.56 Å². The maximum absolute atomic E-state index is 11.0. The van der Waals surface area contributed by atoms with Gasteiger partial charge in [-0.1, -0.05) is 0 Å². The monoisotopic (exact) mass is 187 g/mol. The van der Waals surface area contributed by atoms with Crippen molar-refractivity contribution >= 4 is 0 Å². The highest BCUT2D eigenvalue weighted by Crippen LogP contribution is 2.01. The van der Waals surface area contributed by atoms with E-state index in [0.717, 1.165) is 5.56 Å². The van der Waals surface area contributed by atoms with Crippen LogP contribution in [-0.2, 0) is 6.42 Å². The molecule has 0 aliphatic heterocycles. The van der Waals surface area contributed by atoms with Crippen molar-refractivity contribution in [2.75, 3.05) is 0 Å². The van der Waals surface area contributed by atoms with Crippen molar-refractivity contribution in [2.24, 2.45) is 0 Å². The van der Waals surface area contributed by atoms with E-state index in [0.29, 0.717) is 12.2 Å². The number of hydrogen-bond donors (Lipinski definition) is 1. The molecule has 0 spiro atoms. The predicted molar refractivity (Wildman–Crippen MR) is 51.9 cm³/mol. The molecule has 4 heteroatoms. The summed E-state index contributed by atoms with van der Waals surface area (Å²) in [6, 6.07) is 5.19. The largest absolute Gasteiger partial charge is 0.310 e. The van der Waals surface area contributed by atoms with E-state index < -0.39 is 0 Å². The average Bonchev–Trinajstić information content (AvgIpc) is 2.19. The smallest absolute Gasteiger partial charge is 0.250 e. The molecule has 0 amide bonds. The lowest BCUT2D eigenvalue weighted by Crippen LogP contribution is -2.09. The lowest BCUT2D eigenvalue weighted by Gasteiger charge is -1.98. The van der Waals surface area contributed by atoms with Crippen LogP contribution in [0.3, 0.4) is 0 Å². The Bertz CT molecular complexity index is 464. The van der Waals surface area contributed by atoms with Crippen LogP contribution in [0.25, 0.3) is 0 Å². The van der Waals surface area contributed by atoms with E-state index in [1.807, 2.05) is 12.1 Å². The van der Waals surface area contributed by atoms with Gasteiger partial charge in [-0.15, -0.1) is 0 Å². The average molecular weight is 187 g/mol. The third-order valence-corrected chi connectivity index (χ3v) is 1.84. The highest BCUT2D eigenvalue weighted by molar-refractivity contribution is 5.14. The number of pyridine rings is 1. The first-order valence-electron chi connectivity index (χ1n) is 4.28. The molecule has 2 aromatic rings. The van der Waals surface area contributed by atoms with Gasteiger partial charge in [-0.25, -0.2) is 4.98 Å². The second kappa shape index (κ2) is 3.83. The lowest BCUT2D eigenvalue weighted by molar-refractivity contribution is 0.943. The first kappa shape index (κ1) is 8.62. The molecule has 0 unspecified atom stereocenters. The Morgan fingerprint density at radius 1 is 1.14 bits per heavy atom. The number of nitrogens with one attached hydrogen (secondary N) is 1. The van der Waals surface area contributed by atoms with Gasteiger partial charge >= 0.3 is 0 Å². The van der Waals surface area contributed by atoms with Crippen LogP contribution >= 0.6 is 0 Å². The summed E-state index contributed by atoms with van der Waals surface area (Å²) in [5, 5.41) is 0. The van der Waals surface area contributed by atoms with Gasteiger partial charge in [0.1, 0.15) is 5.82 Å². The highest BCUT2D eigenvalue weighted by atomic mass is 16.1. The van der Waals surface area contributed by atoms with E-state index in [9.17, 15) is 4.79 Å². The summed E-state index contributed by atoms with van der Waals surface area (Å²) in [5.74, 6) is 0.670. The number of nitrogens with zero attached hydrogens (tertiary/aromatic N) is 2. The molecule has 70 valence electrons. The van der Waals surface area contributed by atoms with Crippen LogP contribution in [0.5, 0.6) is 0 Å². The van der Waals surface area contributed by atoms with E-state index in [2.05, 4.69) is 15.0 Å². The predicted octanol–water partition coefficient (Wildman–Crippen LogP) is 0.756. The van der Waals surface area contributed by atoms with Crippen molar-refractivity contribution in [2.45, 2.75) is 6.42 Å². The van der Waals surface area contributed by atoms with Crippen molar-refractivity contribution in [3.8, 4) is 0 Å². The summed E-state index contributed by atoms with van der Waals surface area (Å²) in [6.45, 7) is 0. The first-order valence-corrected chi connectivity index (χ1v) is 4.28. The number of hydrogen-bond acceptors (Lipinski definition) is 3. The molecule has 2 heterocycles. The molecular weight excluding hydrogens is 178 g/mol. The summed E-state index contributed by atoms with van der Waals surface area (Å²) < 4.78 is 0. The Morgan fingerprint density at radius 2 is 1.93 bits per heavy atom. The number of H-pyrrole nitrogens is 1. The summed E-state index contributed by atoms with van der Waals surface area (Å²) in [5.41, 5.74) is 0.957. The van der Waals surface area contributed by atoms with Gasteiger partial charge < -0.3 is 4.98 Å². The van der Waals surface area contributed by atoms with Gasteiger partial charge in [0.15, 0.2) is 0 Å². The van der Waals surface area contributed by atoms with E-state index in [1.54, 1.807) is 12.4 Å². The SMILES string of the molecule is O=c1ccnc(Cc2ccncc2)[nH]1. The molecule has 14 heavy (non-hydrogen) atoms. The van der Waals surface area contributed by atoms with Gasteiger partial charge in [0.25, 0.3) is 5.56 Å². The maximum atomic E-state index is 11.0. The number of aromatic amines is 1. The van der Waals surface area contributed by atoms with Crippen molar-refractivity contribution in [3.05, 3.63) is 58.5 Å². The zero-order chi connectivity index (χ0) is 9.80. The molecule has 0 aromatic carbocycles. The third kappa shape index (κ3) is 2.04. The van der Waals surface area contributed by atoms with Gasteiger partial charge in [0, 0.05) is 31.1 Å². The van der Waals surface area contributed by atoms with Crippen LogP contribution in [0.2, 0.25) is 0 Å². The maximum Gasteiger partial charge on any atom is 0.250 e. The number of rotatable bonds is 2. The molecule has 0 radical (unpaired) electrons. The molecule has 0 fully saturated rings. The fourth-order valence-corrected chi connectivity index (χ4v) is 1.19. The van der Waals surface area contributed by atoms with Crippen molar-refractivity contribution in [3.63, 3.8) is 0 Å². The first-order chi connectivity index (χ1) is 6.84. The Hall–Kier alpha value is -1.97. The second-order valence-electron chi connectivity index (χ2n) is 2.91. The van der Waals surface area contributed by atoms with Crippen LogP contribution in [0.15, 0.2) is 41.6 Å². The summed E-state index contributed by atoms with van der Waals surface area (Å²) >= 11 is 0. The molecule has 2 aromatic heterocycles. The minimum atomic E-state index is -0.121. The highest BCUT2D eigenvalue weighted by Gasteiger charge is 1.96. The Balaban J connectivity index is 2.24. The van der Waals surface area contributed by atoms with Crippen LogP contribution in [0.1, 0.15) is 11.4 Å². The van der Waals surface area contributed by atoms with E-state index in [4.69, 9.17) is 0 Å². The molecular formula is C10H9N3O. The van der Waals surface area contributed by atoms with Crippen LogP contribution < -0.4 is 5.56 Å². The molecule has 0 atom stereocenters. The zero-order valence-electron chi connectivity index (χ0n) is 7.47. The normalized spacial score (nSPS) is 10.0. The topological polar surface area (TPSA) is 58.6 Å². The van der Waals surface area contributed by atoms with Crippen LogP contribution in [-0.4, -0.2) is 15.0 Å². The second-order valence-corrected chi connectivity index (χ2v) is 2.91. The Labute approximate surface area is 80.7 Å². The summed E-state index contributed by atoms with van der Waals surface area (Å²) in [4.78, 5) is 21.6. The molecule has 0 aliphatic carbocycles. The van der Waals surface area contributed by atoms with Crippen molar-refractivity contribution in [1.29, 1.82) is 0 Å². The van der Waals surface area contributed by atoms with E-state index >= 15 is 0 Å². The lowest BCUT2D eigenvalue weighted by atomic mass is 10.2. The van der Waals surface area contributed by atoms with Crippen molar-refractivity contribution < 1.29 is 0 Å². The Morgan fingerprint density at radius 3 is 2.64 bits per heavy atom. The van der Waals surface area contributed by atoms with E-state index in [1.165, 1.54) is 12.3 Å². The molecule has 0 saturated carbocycles. The fourth-order valence-electron chi connectivity index (χ4n) is 1.19. The zero-order valence-corrected chi connectivity index (χ0v) is 7.47. The standard InChI is InChI=1S/C10H9N3O/c14-10-3-6-12-9(13-10)7-8-1-4-11-5-2-8/h1-6H,7H2,(H,12,13,14). The minimum Gasteiger partial charge on any atom is -0.310 e. The van der Waals surface area contributed by atoms with Gasteiger partial charge in [0.05, 0.1) is 0 Å². The van der Waals surface area contributed by atoms with Crippen molar-refractivity contribution in [1.82, 2.24) is 15.0 Å². The van der Waals surface area contributed by atoms with Crippen LogP contribution in [0, 0.1) is 0 Å². The molecule has 0 saturated heterocycles. The van der Waals surface area contributed by atoms with Gasteiger partial charge in [-0.05, 0) is 17.7 Å². The quantitative estimate of drug-likeness (QED) is 0.754. The van der Waals surface area contributed by atoms with Gasteiger partial charge in [-0.2, -0.15) is 0 Å². The molecule has 0 aliphatic rings. The minimum absolute atomic E-state index is 0.121. The van der Waals surface area contributed by atoms with Gasteiger partial charge in [-0.3, -0.25) is 9.78 Å². The fraction of sp³-hybridized carbons (Fsp3) is 0.100. The molecule has 2 rings (SSSR count). The van der Waals surface area contributed by atoms with Crippen LogP contribution in [0.4, 0.5) is 0 Å².